The highest BCUT2D eigenvalue weighted by Crippen LogP contribution is 2.27. The maximum Gasteiger partial charge on any atom is 0.347 e. The quantitative estimate of drug-likeness (QED) is 0.828. The first-order chi connectivity index (χ1) is 11.3. The van der Waals surface area contributed by atoms with Crippen molar-refractivity contribution in [3.63, 3.8) is 0 Å². The Morgan fingerprint density at radius 3 is 2.46 bits per heavy atom. The van der Waals surface area contributed by atoms with Gasteiger partial charge in [0.2, 0.25) is 10.0 Å². The van der Waals surface area contributed by atoms with Crippen molar-refractivity contribution in [3.8, 4) is 0 Å². The standard InChI is InChI=1S/C17H23N3O3S/c1-4-17(2,3)14-6-8-15(9-7-14)24(22,23)19-11-13-20-12-5-10-18-16(20)21/h5-10,12,19H,4,11,13H2,1-3H3. The molecular weight excluding hydrogens is 326 g/mol. The van der Waals surface area contributed by atoms with Crippen LogP contribution in [-0.4, -0.2) is 24.5 Å². The third kappa shape index (κ3) is 4.30. The molecule has 0 spiro atoms. The van der Waals surface area contributed by atoms with Crippen molar-refractivity contribution in [1.29, 1.82) is 0 Å². The maximum atomic E-state index is 12.3. The molecule has 1 aromatic heterocycles. The van der Waals surface area contributed by atoms with Crippen molar-refractivity contribution in [2.24, 2.45) is 0 Å². The van der Waals surface area contributed by atoms with Crippen LogP contribution in [0, 0.1) is 0 Å². The molecule has 7 heteroatoms. The fraction of sp³-hybridized carbons (Fsp3) is 0.412. The molecule has 24 heavy (non-hydrogen) atoms. The topological polar surface area (TPSA) is 81.1 Å². The van der Waals surface area contributed by atoms with E-state index >= 15 is 0 Å². The molecule has 0 bridgehead atoms. The van der Waals surface area contributed by atoms with Gasteiger partial charge < -0.3 is 0 Å². The van der Waals surface area contributed by atoms with Gasteiger partial charge in [0.25, 0.3) is 0 Å². The molecule has 0 unspecified atom stereocenters. The molecule has 0 fully saturated rings. The zero-order chi connectivity index (χ0) is 17.8. The molecule has 1 heterocycles. The summed E-state index contributed by atoms with van der Waals surface area (Å²) in [4.78, 5) is 15.3. The van der Waals surface area contributed by atoms with Gasteiger partial charge in [0.15, 0.2) is 0 Å². The molecule has 1 N–H and O–H groups in total. The monoisotopic (exact) mass is 349 g/mol. The number of rotatable bonds is 7. The highest BCUT2D eigenvalue weighted by Gasteiger charge is 2.19. The van der Waals surface area contributed by atoms with Gasteiger partial charge in [0.1, 0.15) is 0 Å². The number of hydrogen-bond acceptors (Lipinski definition) is 4. The Morgan fingerprint density at radius 2 is 1.88 bits per heavy atom. The molecule has 2 aromatic rings. The van der Waals surface area contributed by atoms with E-state index in [1.165, 1.54) is 10.8 Å². The Morgan fingerprint density at radius 1 is 1.21 bits per heavy atom. The van der Waals surface area contributed by atoms with E-state index in [0.717, 1.165) is 12.0 Å². The van der Waals surface area contributed by atoms with E-state index in [0.29, 0.717) is 0 Å². The van der Waals surface area contributed by atoms with Gasteiger partial charge in [-0.15, -0.1) is 0 Å². The van der Waals surface area contributed by atoms with E-state index in [4.69, 9.17) is 0 Å². The number of sulfonamides is 1. The van der Waals surface area contributed by atoms with Crippen LogP contribution in [0.4, 0.5) is 0 Å². The first-order valence-corrected chi connectivity index (χ1v) is 9.36. The summed E-state index contributed by atoms with van der Waals surface area (Å²) in [5.41, 5.74) is 0.714. The molecule has 0 amide bonds. The zero-order valence-corrected chi connectivity index (χ0v) is 15.0. The van der Waals surface area contributed by atoms with Gasteiger partial charge in [-0.25, -0.2) is 22.9 Å². The van der Waals surface area contributed by atoms with Gasteiger partial charge in [-0.2, -0.15) is 0 Å². The predicted octanol–water partition coefficient (Wildman–Crippen LogP) is 1.91. The number of nitrogens with zero attached hydrogens (tertiary/aromatic N) is 2. The Hall–Kier alpha value is -1.99. The molecule has 1 aromatic carbocycles. The van der Waals surface area contributed by atoms with Gasteiger partial charge in [0.05, 0.1) is 4.90 Å². The molecule has 0 aliphatic rings. The fourth-order valence-corrected chi connectivity index (χ4v) is 3.25. The lowest BCUT2D eigenvalue weighted by molar-refractivity contribution is 0.505. The second-order valence-corrected chi connectivity index (χ2v) is 8.02. The van der Waals surface area contributed by atoms with Crippen LogP contribution in [0.25, 0.3) is 0 Å². The predicted molar refractivity (Wildman–Crippen MR) is 93.4 cm³/mol. The Bertz CT molecular complexity index is 840. The van der Waals surface area contributed by atoms with E-state index in [1.807, 2.05) is 12.1 Å². The van der Waals surface area contributed by atoms with Crippen LogP contribution < -0.4 is 10.4 Å². The summed E-state index contributed by atoms with van der Waals surface area (Å²) in [5, 5.41) is 0. The third-order valence-electron chi connectivity index (χ3n) is 4.26. The highest BCUT2D eigenvalue weighted by atomic mass is 32.2. The normalized spacial score (nSPS) is 12.3. The molecule has 0 saturated carbocycles. The van der Waals surface area contributed by atoms with Crippen LogP contribution >= 0.6 is 0 Å². The summed E-state index contributed by atoms with van der Waals surface area (Å²) in [7, 11) is -3.60. The van der Waals surface area contributed by atoms with Crippen LogP contribution in [0.3, 0.4) is 0 Å². The summed E-state index contributed by atoms with van der Waals surface area (Å²) in [6.07, 6.45) is 3.95. The molecule has 0 aliphatic carbocycles. The maximum absolute atomic E-state index is 12.3. The van der Waals surface area contributed by atoms with Crippen molar-refractivity contribution in [3.05, 3.63) is 58.8 Å². The zero-order valence-electron chi connectivity index (χ0n) is 14.2. The van der Waals surface area contributed by atoms with Gasteiger partial charge in [-0.3, -0.25) is 4.57 Å². The van der Waals surface area contributed by atoms with Crippen LogP contribution in [-0.2, 0) is 22.0 Å². The molecular formula is C17H23N3O3S. The second kappa shape index (κ2) is 7.27. The van der Waals surface area contributed by atoms with Crippen molar-refractivity contribution < 1.29 is 8.42 Å². The van der Waals surface area contributed by atoms with Gasteiger partial charge in [-0.05, 0) is 35.6 Å². The van der Waals surface area contributed by atoms with Gasteiger partial charge >= 0.3 is 5.69 Å². The van der Waals surface area contributed by atoms with E-state index in [2.05, 4.69) is 30.5 Å². The van der Waals surface area contributed by atoms with E-state index in [9.17, 15) is 13.2 Å². The third-order valence-corrected chi connectivity index (χ3v) is 5.73. The summed E-state index contributed by atoms with van der Waals surface area (Å²) in [5.74, 6) is 0. The number of benzene rings is 1. The van der Waals surface area contributed by atoms with Crippen LogP contribution in [0.2, 0.25) is 0 Å². The minimum absolute atomic E-state index is 0.0111. The number of hydrogen-bond donors (Lipinski definition) is 1. The minimum atomic E-state index is -3.60. The van der Waals surface area contributed by atoms with Gasteiger partial charge in [-0.1, -0.05) is 32.9 Å². The lowest BCUT2D eigenvalue weighted by Crippen LogP contribution is -2.31. The summed E-state index contributed by atoms with van der Waals surface area (Å²) >= 11 is 0. The smallest absolute Gasteiger partial charge is 0.298 e. The van der Waals surface area contributed by atoms with Gasteiger partial charge in [0, 0.05) is 25.5 Å². The number of nitrogens with one attached hydrogen (secondary N) is 1. The largest absolute Gasteiger partial charge is 0.347 e. The lowest BCUT2D eigenvalue weighted by Gasteiger charge is -2.23. The molecule has 0 radical (unpaired) electrons. The molecule has 0 saturated heterocycles. The number of aromatic nitrogens is 2. The Kier molecular flexibility index (Phi) is 5.56. The van der Waals surface area contributed by atoms with Crippen LogP contribution in [0.1, 0.15) is 32.8 Å². The molecule has 2 rings (SSSR count). The van der Waals surface area contributed by atoms with Crippen molar-refractivity contribution in [2.45, 2.75) is 44.0 Å². The minimum Gasteiger partial charge on any atom is -0.298 e. The first-order valence-electron chi connectivity index (χ1n) is 7.88. The van der Waals surface area contributed by atoms with E-state index in [-0.39, 0.29) is 23.4 Å². The molecule has 6 nitrogen and oxygen atoms in total. The van der Waals surface area contributed by atoms with Crippen LogP contribution in [0.5, 0.6) is 0 Å². The SMILES string of the molecule is CCC(C)(C)c1ccc(S(=O)(=O)NCCn2cccnc2=O)cc1. The average molecular weight is 349 g/mol. The molecule has 0 atom stereocenters. The van der Waals surface area contributed by atoms with E-state index < -0.39 is 15.7 Å². The average Bonchev–Trinajstić information content (AvgIpc) is 2.56. The van der Waals surface area contributed by atoms with Crippen molar-refractivity contribution in [2.75, 3.05) is 6.54 Å². The Labute approximate surface area is 142 Å². The Balaban J connectivity index is 2.05. The lowest BCUT2D eigenvalue weighted by atomic mass is 9.82. The second-order valence-electron chi connectivity index (χ2n) is 6.26. The van der Waals surface area contributed by atoms with E-state index in [1.54, 1.807) is 24.4 Å². The van der Waals surface area contributed by atoms with Crippen molar-refractivity contribution in [1.82, 2.24) is 14.3 Å². The molecule has 0 aliphatic heterocycles. The summed E-state index contributed by atoms with van der Waals surface area (Å²) < 4.78 is 28.5. The highest BCUT2D eigenvalue weighted by molar-refractivity contribution is 7.89. The van der Waals surface area contributed by atoms with Crippen LogP contribution in [0.15, 0.2) is 52.4 Å². The first kappa shape index (κ1) is 18.4. The van der Waals surface area contributed by atoms with Crippen molar-refractivity contribution >= 4 is 10.0 Å². The fourth-order valence-electron chi connectivity index (χ4n) is 2.23. The molecule has 130 valence electrons. The summed E-state index contributed by atoms with van der Waals surface area (Å²) in [6.45, 7) is 6.70. The summed E-state index contributed by atoms with van der Waals surface area (Å²) in [6, 6.07) is 8.56.